The lowest BCUT2D eigenvalue weighted by molar-refractivity contribution is -0.120. The van der Waals surface area contributed by atoms with E-state index in [1.807, 2.05) is 18.2 Å². The second kappa shape index (κ2) is 5.95. The highest BCUT2D eigenvalue weighted by molar-refractivity contribution is 5.77. The molecule has 0 atom stereocenters. The number of rotatable bonds is 5. The van der Waals surface area contributed by atoms with Crippen LogP contribution in [0, 0.1) is 0 Å². The Morgan fingerprint density at radius 3 is 2.78 bits per heavy atom. The lowest BCUT2D eigenvalue weighted by Gasteiger charge is -1.96. The van der Waals surface area contributed by atoms with Crippen molar-refractivity contribution in [2.24, 2.45) is 0 Å². The van der Waals surface area contributed by atoms with Gasteiger partial charge in [0.15, 0.2) is 5.82 Å². The zero-order valence-corrected chi connectivity index (χ0v) is 10.2. The topological polar surface area (TPSA) is 68.0 Å². The fourth-order valence-corrected chi connectivity index (χ4v) is 1.59. The Hall–Kier alpha value is -2.17. The minimum Gasteiger partial charge on any atom is -0.359 e. The van der Waals surface area contributed by atoms with Crippen molar-refractivity contribution < 1.29 is 9.32 Å². The molecule has 1 N–H and O–H groups in total. The van der Waals surface area contributed by atoms with Crippen LogP contribution in [0.15, 0.2) is 34.9 Å². The maximum Gasteiger partial charge on any atom is 0.227 e. The molecular weight excluding hydrogens is 230 g/mol. The maximum atomic E-state index is 11.1. The van der Waals surface area contributed by atoms with E-state index in [9.17, 15) is 4.79 Å². The molecule has 0 saturated carbocycles. The highest BCUT2D eigenvalue weighted by Gasteiger charge is 2.09. The summed E-state index contributed by atoms with van der Waals surface area (Å²) >= 11 is 0. The summed E-state index contributed by atoms with van der Waals surface area (Å²) in [5, 5.41) is 6.29. The van der Waals surface area contributed by atoms with Crippen LogP contribution in [0.4, 0.5) is 0 Å². The first-order chi connectivity index (χ1) is 8.78. The van der Waals surface area contributed by atoms with E-state index in [0.717, 1.165) is 6.42 Å². The average molecular weight is 245 g/mol. The van der Waals surface area contributed by atoms with Crippen molar-refractivity contribution in [3.05, 3.63) is 47.6 Å². The SMILES string of the molecule is CNC(=O)Cc1noc(CCc2ccccc2)n1. The van der Waals surface area contributed by atoms with Gasteiger partial charge in [-0.15, -0.1) is 0 Å². The molecule has 18 heavy (non-hydrogen) atoms. The number of hydrogen-bond acceptors (Lipinski definition) is 4. The van der Waals surface area contributed by atoms with Crippen LogP contribution in [-0.2, 0) is 24.1 Å². The third kappa shape index (κ3) is 3.41. The van der Waals surface area contributed by atoms with Crippen LogP contribution in [0.5, 0.6) is 0 Å². The van der Waals surface area contributed by atoms with Gasteiger partial charge in [0, 0.05) is 13.5 Å². The van der Waals surface area contributed by atoms with Gasteiger partial charge < -0.3 is 9.84 Å². The van der Waals surface area contributed by atoms with E-state index in [-0.39, 0.29) is 12.3 Å². The Bertz CT molecular complexity index is 508. The summed E-state index contributed by atoms with van der Waals surface area (Å²) in [5.41, 5.74) is 1.23. The van der Waals surface area contributed by atoms with E-state index in [2.05, 4.69) is 27.6 Å². The van der Waals surface area contributed by atoms with Crippen molar-refractivity contribution in [1.29, 1.82) is 0 Å². The number of nitrogens with zero attached hydrogens (tertiary/aromatic N) is 2. The quantitative estimate of drug-likeness (QED) is 0.857. The van der Waals surface area contributed by atoms with Crippen LogP contribution < -0.4 is 5.32 Å². The highest BCUT2D eigenvalue weighted by Crippen LogP contribution is 2.06. The smallest absolute Gasteiger partial charge is 0.227 e. The summed E-state index contributed by atoms with van der Waals surface area (Å²) in [4.78, 5) is 15.3. The summed E-state index contributed by atoms with van der Waals surface area (Å²) in [6, 6.07) is 10.1. The summed E-state index contributed by atoms with van der Waals surface area (Å²) in [6.45, 7) is 0. The van der Waals surface area contributed by atoms with Gasteiger partial charge in [0.05, 0.1) is 6.42 Å². The number of aryl methyl sites for hydroxylation is 2. The number of benzene rings is 1. The Labute approximate surface area is 105 Å². The number of likely N-dealkylation sites (N-methyl/N-ethyl adjacent to an activating group) is 1. The summed E-state index contributed by atoms with van der Waals surface area (Å²) in [7, 11) is 1.58. The van der Waals surface area contributed by atoms with E-state index in [1.165, 1.54) is 5.56 Å². The van der Waals surface area contributed by atoms with Crippen molar-refractivity contribution in [2.75, 3.05) is 7.05 Å². The molecule has 0 unspecified atom stereocenters. The number of hydrogen-bond donors (Lipinski definition) is 1. The van der Waals surface area contributed by atoms with Gasteiger partial charge in [-0.25, -0.2) is 0 Å². The van der Waals surface area contributed by atoms with Crippen molar-refractivity contribution >= 4 is 5.91 Å². The van der Waals surface area contributed by atoms with Crippen LogP contribution >= 0.6 is 0 Å². The Kier molecular flexibility index (Phi) is 4.06. The van der Waals surface area contributed by atoms with Gasteiger partial charge in [-0.1, -0.05) is 35.5 Å². The number of aromatic nitrogens is 2. The second-order valence-corrected chi connectivity index (χ2v) is 3.94. The van der Waals surface area contributed by atoms with Crippen molar-refractivity contribution in [3.63, 3.8) is 0 Å². The van der Waals surface area contributed by atoms with Gasteiger partial charge in [-0.2, -0.15) is 4.98 Å². The molecule has 0 aliphatic rings. The van der Waals surface area contributed by atoms with Crippen LogP contribution in [0.2, 0.25) is 0 Å². The first kappa shape index (κ1) is 12.3. The number of carbonyl (C=O) groups excluding carboxylic acids is 1. The third-order valence-corrected chi connectivity index (χ3v) is 2.58. The number of carbonyl (C=O) groups is 1. The van der Waals surface area contributed by atoms with E-state index in [0.29, 0.717) is 18.1 Å². The summed E-state index contributed by atoms with van der Waals surface area (Å²) in [5.74, 6) is 0.876. The molecule has 0 fully saturated rings. The number of nitrogens with one attached hydrogen (secondary N) is 1. The van der Waals surface area contributed by atoms with Crippen molar-refractivity contribution in [1.82, 2.24) is 15.5 Å². The van der Waals surface area contributed by atoms with Gasteiger partial charge in [-0.05, 0) is 12.0 Å². The largest absolute Gasteiger partial charge is 0.359 e. The molecule has 0 aliphatic heterocycles. The molecule has 0 saturated heterocycles. The van der Waals surface area contributed by atoms with Crippen molar-refractivity contribution in [2.45, 2.75) is 19.3 Å². The first-order valence-electron chi connectivity index (χ1n) is 5.84. The van der Waals surface area contributed by atoms with Gasteiger partial charge in [0.1, 0.15) is 0 Å². The first-order valence-corrected chi connectivity index (χ1v) is 5.84. The predicted octanol–water partition coefficient (Wildman–Crippen LogP) is 1.14. The molecule has 0 radical (unpaired) electrons. The molecule has 1 aromatic heterocycles. The molecule has 1 aromatic carbocycles. The number of amides is 1. The second-order valence-electron chi connectivity index (χ2n) is 3.94. The Morgan fingerprint density at radius 2 is 2.06 bits per heavy atom. The highest BCUT2D eigenvalue weighted by atomic mass is 16.5. The molecular formula is C13H15N3O2. The standard InChI is InChI=1S/C13H15N3O2/c1-14-12(17)9-11-15-13(18-16-11)8-7-10-5-3-2-4-6-10/h2-6H,7-9H2,1H3,(H,14,17). The van der Waals surface area contributed by atoms with Gasteiger partial charge >= 0.3 is 0 Å². The normalized spacial score (nSPS) is 10.3. The fraction of sp³-hybridized carbons (Fsp3) is 0.308. The van der Waals surface area contributed by atoms with E-state index >= 15 is 0 Å². The van der Waals surface area contributed by atoms with Crippen LogP contribution in [-0.4, -0.2) is 23.1 Å². The maximum absolute atomic E-state index is 11.1. The zero-order chi connectivity index (χ0) is 12.8. The molecule has 0 aliphatic carbocycles. The molecule has 1 heterocycles. The zero-order valence-electron chi connectivity index (χ0n) is 10.2. The molecule has 2 aromatic rings. The molecule has 94 valence electrons. The molecule has 0 spiro atoms. The third-order valence-electron chi connectivity index (χ3n) is 2.58. The van der Waals surface area contributed by atoms with Crippen LogP contribution in [0.3, 0.4) is 0 Å². The van der Waals surface area contributed by atoms with E-state index < -0.39 is 0 Å². The summed E-state index contributed by atoms with van der Waals surface area (Å²) < 4.78 is 5.09. The minimum absolute atomic E-state index is 0.120. The predicted molar refractivity (Wildman–Crippen MR) is 65.9 cm³/mol. The molecule has 1 amide bonds. The summed E-state index contributed by atoms with van der Waals surface area (Å²) in [6.07, 6.45) is 1.69. The lowest BCUT2D eigenvalue weighted by Crippen LogP contribution is -2.20. The molecule has 2 rings (SSSR count). The average Bonchev–Trinajstić information content (AvgIpc) is 2.85. The van der Waals surface area contributed by atoms with E-state index in [4.69, 9.17) is 4.52 Å². The molecule has 0 bridgehead atoms. The lowest BCUT2D eigenvalue weighted by atomic mass is 10.1. The van der Waals surface area contributed by atoms with E-state index in [1.54, 1.807) is 7.05 Å². The van der Waals surface area contributed by atoms with Gasteiger partial charge in [-0.3, -0.25) is 4.79 Å². The van der Waals surface area contributed by atoms with Crippen LogP contribution in [0.25, 0.3) is 0 Å². The minimum atomic E-state index is -0.120. The Balaban J connectivity index is 1.89. The molecule has 5 heteroatoms. The van der Waals surface area contributed by atoms with Gasteiger partial charge in [0.2, 0.25) is 11.8 Å². The monoisotopic (exact) mass is 245 g/mol. The van der Waals surface area contributed by atoms with Crippen LogP contribution in [0.1, 0.15) is 17.3 Å². The fourth-order valence-electron chi connectivity index (χ4n) is 1.59. The van der Waals surface area contributed by atoms with Crippen molar-refractivity contribution in [3.8, 4) is 0 Å². The van der Waals surface area contributed by atoms with Gasteiger partial charge in [0.25, 0.3) is 0 Å². The molecule has 5 nitrogen and oxygen atoms in total. The Morgan fingerprint density at radius 1 is 1.28 bits per heavy atom.